The maximum absolute atomic E-state index is 11.7. The molecule has 0 N–H and O–H groups in total. The van der Waals surface area contributed by atoms with Crippen molar-refractivity contribution in [2.45, 2.75) is 64.3 Å². The van der Waals surface area contributed by atoms with Crippen LogP contribution in [0.25, 0.3) is 0 Å². The molecule has 0 unspecified atom stereocenters. The van der Waals surface area contributed by atoms with Crippen LogP contribution in [-0.2, 0) is 47.6 Å². The second-order valence-electron chi connectivity index (χ2n) is 6.15. The Kier molecular flexibility index (Phi) is 8.58. The predicted molar refractivity (Wildman–Crippen MR) is 92.7 cm³/mol. The Labute approximate surface area is 163 Å². The van der Waals surface area contributed by atoms with Crippen LogP contribution in [0.3, 0.4) is 0 Å². The first kappa shape index (κ1) is 23.6. The van der Waals surface area contributed by atoms with Crippen molar-refractivity contribution < 1.29 is 47.6 Å². The van der Waals surface area contributed by atoms with Gasteiger partial charge >= 0.3 is 23.9 Å². The Morgan fingerprint density at radius 1 is 0.929 bits per heavy atom. The molecular weight excluding hydrogens is 376 g/mol. The van der Waals surface area contributed by atoms with Crippen LogP contribution in [0.1, 0.15) is 34.1 Å². The van der Waals surface area contributed by atoms with Crippen LogP contribution in [0.2, 0.25) is 0 Å². The molecule has 0 aromatic rings. The first-order chi connectivity index (χ1) is 13.1. The van der Waals surface area contributed by atoms with E-state index in [0.29, 0.717) is 0 Å². The third-order valence-electron chi connectivity index (χ3n) is 4.00. The number of rotatable bonds is 8. The van der Waals surface area contributed by atoms with E-state index in [9.17, 15) is 19.2 Å². The van der Waals surface area contributed by atoms with E-state index in [1.54, 1.807) is 0 Å². The summed E-state index contributed by atoms with van der Waals surface area (Å²) < 4.78 is 32.1. The summed E-state index contributed by atoms with van der Waals surface area (Å²) in [5, 5.41) is 0. The highest BCUT2D eigenvalue weighted by molar-refractivity contribution is 5.68. The Bertz CT molecular complexity index is 615. The largest absolute Gasteiger partial charge is 0.466 e. The summed E-state index contributed by atoms with van der Waals surface area (Å²) in [5.74, 6) is -2.54. The number of carbonyl (C=O) groups is 4. The van der Waals surface area contributed by atoms with Gasteiger partial charge in [-0.15, -0.1) is 6.58 Å². The Morgan fingerprint density at radius 3 is 1.93 bits per heavy atom. The van der Waals surface area contributed by atoms with Gasteiger partial charge in [0.25, 0.3) is 0 Å². The minimum absolute atomic E-state index is 0.0123. The summed E-state index contributed by atoms with van der Waals surface area (Å²) in [6.07, 6.45) is -3.40. The van der Waals surface area contributed by atoms with Gasteiger partial charge in [-0.2, -0.15) is 0 Å². The zero-order valence-corrected chi connectivity index (χ0v) is 16.6. The number of hydrogen-bond donors (Lipinski definition) is 0. The van der Waals surface area contributed by atoms with Gasteiger partial charge in [0.05, 0.1) is 6.61 Å². The number of methoxy groups -OCH3 is 1. The molecule has 28 heavy (non-hydrogen) atoms. The molecular formula is C18H26O10. The van der Waals surface area contributed by atoms with E-state index < -0.39 is 54.1 Å². The summed E-state index contributed by atoms with van der Waals surface area (Å²) in [6.45, 7) is 8.36. The van der Waals surface area contributed by atoms with E-state index >= 15 is 0 Å². The Hall–Kier alpha value is -2.46. The van der Waals surface area contributed by atoms with Crippen LogP contribution < -0.4 is 0 Å². The van der Waals surface area contributed by atoms with Crippen LogP contribution in [-0.4, -0.2) is 67.8 Å². The minimum atomic E-state index is -1.45. The quantitative estimate of drug-likeness (QED) is 0.325. The number of esters is 4. The molecule has 158 valence electrons. The first-order valence-electron chi connectivity index (χ1n) is 8.55. The highest BCUT2D eigenvalue weighted by Gasteiger charge is 2.58. The fraction of sp³-hybridized carbons (Fsp3) is 0.667. The van der Waals surface area contributed by atoms with Gasteiger partial charge in [0.15, 0.2) is 12.2 Å². The van der Waals surface area contributed by atoms with Crippen molar-refractivity contribution in [1.29, 1.82) is 0 Å². The smallest absolute Gasteiger partial charge is 0.305 e. The summed E-state index contributed by atoms with van der Waals surface area (Å²) in [4.78, 5) is 45.9. The molecule has 0 aromatic heterocycles. The molecule has 1 fully saturated rings. The predicted octanol–water partition coefficient (Wildman–Crippen LogP) is 0.662. The molecule has 0 aromatic carbocycles. The van der Waals surface area contributed by atoms with Crippen molar-refractivity contribution in [1.82, 2.24) is 0 Å². The van der Waals surface area contributed by atoms with Crippen molar-refractivity contribution in [2.75, 3.05) is 13.7 Å². The van der Waals surface area contributed by atoms with Gasteiger partial charge in [0, 0.05) is 41.2 Å². The lowest BCUT2D eigenvalue weighted by Crippen LogP contribution is -2.67. The molecule has 0 bridgehead atoms. The van der Waals surface area contributed by atoms with Crippen LogP contribution in [0.4, 0.5) is 0 Å². The van der Waals surface area contributed by atoms with Crippen LogP contribution >= 0.6 is 0 Å². The molecule has 10 nitrogen and oxygen atoms in total. The molecule has 1 aliphatic rings. The van der Waals surface area contributed by atoms with E-state index in [1.165, 1.54) is 27.0 Å². The van der Waals surface area contributed by atoms with Crippen molar-refractivity contribution in [3.63, 3.8) is 0 Å². The molecule has 1 heterocycles. The molecule has 1 rings (SSSR count). The van der Waals surface area contributed by atoms with E-state index in [4.69, 9.17) is 28.4 Å². The summed E-state index contributed by atoms with van der Waals surface area (Å²) >= 11 is 0. The van der Waals surface area contributed by atoms with Crippen LogP contribution in [0, 0.1) is 0 Å². The molecule has 0 saturated carbocycles. The highest BCUT2D eigenvalue weighted by atomic mass is 16.7. The number of hydrogen-bond acceptors (Lipinski definition) is 10. The summed E-state index contributed by atoms with van der Waals surface area (Å²) in [5.41, 5.74) is -1.45. The fourth-order valence-corrected chi connectivity index (χ4v) is 2.95. The molecule has 0 radical (unpaired) electrons. The number of ether oxygens (including phenoxy) is 6. The lowest BCUT2D eigenvalue weighted by molar-refractivity contribution is -0.319. The minimum Gasteiger partial charge on any atom is -0.466 e. The van der Waals surface area contributed by atoms with Crippen LogP contribution in [0.5, 0.6) is 0 Å². The lowest BCUT2D eigenvalue weighted by atomic mass is 9.83. The maximum Gasteiger partial charge on any atom is 0.305 e. The lowest BCUT2D eigenvalue weighted by Gasteiger charge is -2.49. The second kappa shape index (κ2) is 10.2. The Balaban J connectivity index is 3.37. The molecule has 0 amide bonds. The van der Waals surface area contributed by atoms with E-state index in [1.807, 2.05) is 0 Å². The fourth-order valence-electron chi connectivity index (χ4n) is 2.95. The van der Waals surface area contributed by atoms with E-state index in [0.717, 1.165) is 13.8 Å². The zero-order valence-electron chi connectivity index (χ0n) is 16.6. The summed E-state index contributed by atoms with van der Waals surface area (Å²) in [7, 11) is 1.31. The normalized spacial score (nSPS) is 29.3. The topological polar surface area (TPSA) is 124 Å². The monoisotopic (exact) mass is 402 g/mol. The third kappa shape index (κ3) is 6.03. The molecule has 10 heteroatoms. The standard InChI is InChI=1S/C18H26O10/c1-7-18(8-9-24-10(2)19)16(26-12(4)21)14(23-6)15(25-11(3)20)17(28-18)27-13(5)22/h7,14-17H,1,8-9H2,2-6H3/t14-,15-,16+,17-,18-/m1/s1. The van der Waals surface area contributed by atoms with Gasteiger partial charge in [-0.25, -0.2) is 0 Å². The molecule has 0 aliphatic carbocycles. The molecule has 5 atom stereocenters. The van der Waals surface area contributed by atoms with Crippen molar-refractivity contribution in [3.8, 4) is 0 Å². The highest BCUT2D eigenvalue weighted by Crippen LogP contribution is 2.39. The van der Waals surface area contributed by atoms with Crippen molar-refractivity contribution >= 4 is 23.9 Å². The van der Waals surface area contributed by atoms with Gasteiger partial charge in [-0.3, -0.25) is 19.2 Å². The third-order valence-corrected chi connectivity index (χ3v) is 4.00. The van der Waals surface area contributed by atoms with E-state index in [2.05, 4.69) is 6.58 Å². The molecule has 1 saturated heterocycles. The zero-order chi connectivity index (χ0) is 21.5. The van der Waals surface area contributed by atoms with Gasteiger partial charge in [-0.05, 0) is 0 Å². The molecule has 1 aliphatic heterocycles. The van der Waals surface area contributed by atoms with Crippen LogP contribution in [0.15, 0.2) is 12.7 Å². The summed E-state index contributed by atoms with van der Waals surface area (Å²) in [6, 6.07) is 0. The average Bonchev–Trinajstić information content (AvgIpc) is 2.56. The SMILES string of the molecule is C=C[C@]1(CCOC(C)=O)O[C@@H](OC(C)=O)[C@H](OC(C)=O)[C@@H](OC)[C@@H]1OC(C)=O. The average molecular weight is 402 g/mol. The Morgan fingerprint density at radius 2 is 1.50 bits per heavy atom. The van der Waals surface area contributed by atoms with E-state index in [-0.39, 0.29) is 13.0 Å². The van der Waals surface area contributed by atoms with Gasteiger partial charge in [0.1, 0.15) is 11.7 Å². The first-order valence-corrected chi connectivity index (χ1v) is 8.55. The second-order valence-corrected chi connectivity index (χ2v) is 6.15. The van der Waals surface area contributed by atoms with Gasteiger partial charge in [0.2, 0.25) is 6.29 Å². The molecule has 0 spiro atoms. The maximum atomic E-state index is 11.7. The van der Waals surface area contributed by atoms with Crippen molar-refractivity contribution in [3.05, 3.63) is 12.7 Å². The van der Waals surface area contributed by atoms with Gasteiger partial charge < -0.3 is 28.4 Å². The van der Waals surface area contributed by atoms with Gasteiger partial charge in [-0.1, -0.05) is 6.08 Å². The number of carbonyl (C=O) groups excluding carboxylic acids is 4. The van der Waals surface area contributed by atoms with Crippen molar-refractivity contribution in [2.24, 2.45) is 0 Å².